The first-order valence-corrected chi connectivity index (χ1v) is 7.89. The highest BCUT2D eigenvalue weighted by molar-refractivity contribution is 5.85. The van der Waals surface area contributed by atoms with Crippen LogP contribution in [0.5, 0.6) is 0 Å². The van der Waals surface area contributed by atoms with E-state index in [4.69, 9.17) is 4.74 Å². The largest absolute Gasteiger partial charge is 0.465 e. The molecule has 0 radical (unpaired) electrons. The fourth-order valence-corrected chi connectivity index (χ4v) is 3.20. The van der Waals surface area contributed by atoms with E-state index < -0.39 is 5.41 Å². The normalized spacial score (nSPS) is 21.1. The predicted molar refractivity (Wildman–Crippen MR) is 86.6 cm³/mol. The number of carbonyl (C=O) groups excluding carboxylic acids is 1. The quantitative estimate of drug-likeness (QED) is 0.812. The second kappa shape index (κ2) is 6.02. The summed E-state index contributed by atoms with van der Waals surface area (Å²) in [7, 11) is 3.77. The van der Waals surface area contributed by atoms with E-state index in [9.17, 15) is 4.79 Å². The van der Waals surface area contributed by atoms with Gasteiger partial charge in [0.15, 0.2) is 0 Å². The lowest BCUT2D eigenvalue weighted by Crippen LogP contribution is -2.38. The van der Waals surface area contributed by atoms with E-state index >= 15 is 0 Å². The molecule has 2 aromatic heterocycles. The SMILES string of the molecule is CCOC(=O)C1(c2cnn(C)c2)CC=C(c2cnn(C)c2)CC1. The van der Waals surface area contributed by atoms with Gasteiger partial charge in [-0.25, -0.2) is 0 Å². The Labute approximate surface area is 135 Å². The molecule has 0 spiro atoms. The molecule has 0 saturated carbocycles. The second-order valence-corrected chi connectivity index (χ2v) is 6.04. The van der Waals surface area contributed by atoms with E-state index in [0.29, 0.717) is 13.0 Å². The molecule has 0 aromatic carbocycles. The van der Waals surface area contributed by atoms with Crippen molar-refractivity contribution >= 4 is 11.5 Å². The summed E-state index contributed by atoms with van der Waals surface area (Å²) in [4.78, 5) is 12.7. The minimum absolute atomic E-state index is 0.158. The van der Waals surface area contributed by atoms with Crippen molar-refractivity contribution in [3.05, 3.63) is 42.0 Å². The van der Waals surface area contributed by atoms with Crippen LogP contribution < -0.4 is 0 Å². The van der Waals surface area contributed by atoms with Crippen LogP contribution in [0.4, 0.5) is 0 Å². The molecule has 0 fully saturated rings. The molecule has 2 aromatic rings. The summed E-state index contributed by atoms with van der Waals surface area (Å²) >= 11 is 0. The monoisotopic (exact) mass is 314 g/mol. The highest BCUT2D eigenvalue weighted by Crippen LogP contribution is 2.42. The number of carbonyl (C=O) groups is 1. The van der Waals surface area contributed by atoms with Crippen LogP contribution in [-0.2, 0) is 29.0 Å². The lowest BCUT2D eigenvalue weighted by molar-refractivity contribution is -0.150. The van der Waals surface area contributed by atoms with Crippen LogP contribution in [0.1, 0.15) is 37.3 Å². The van der Waals surface area contributed by atoms with E-state index in [-0.39, 0.29) is 5.97 Å². The van der Waals surface area contributed by atoms with Crippen molar-refractivity contribution < 1.29 is 9.53 Å². The zero-order chi connectivity index (χ0) is 16.4. The minimum Gasteiger partial charge on any atom is -0.465 e. The van der Waals surface area contributed by atoms with E-state index in [1.807, 2.05) is 39.6 Å². The van der Waals surface area contributed by atoms with Crippen LogP contribution in [0.25, 0.3) is 5.57 Å². The highest BCUT2D eigenvalue weighted by Gasteiger charge is 2.43. The van der Waals surface area contributed by atoms with Gasteiger partial charge in [0.25, 0.3) is 0 Å². The standard InChI is InChI=1S/C17H22N4O2/c1-4-23-16(22)17(15-10-19-21(3)12-15)7-5-13(6-8-17)14-9-18-20(2)11-14/h5,9-12H,4,6-8H2,1-3H3. The van der Waals surface area contributed by atoms with Crippen molar-refractivity contribution in [2.24, 2.45) is 14.1 Å². The van der Waals surface area contributed by atoms with Gasteiger partial charge >= 0.3 is 5.97 Å². The van der Waals surface area contributed by atoms with Gasteiger partial charge in [0, 0.05) is 37.6 Å². The lowest BCUT2D eigenvalue weighted by Gasteiger charge is -2.33. The molecule has 1 unspecified atom stereocenters. The summed E-state index contributed by atoms with van der Waals surface area (Å²) < 4.78 is 8.90. The topological polar surface area (TPSA) is 61.9 Å². The van der Waals surface area contributed by atoms with Gasteiger partial charge in [0.2, 0.25) is 0 Å². The Balaban J connectivity index is 1.93. The summed E-state index contributed by atoms with van der Waals surface area (Å²) in [5.74, 6) is -0.158. The summed E-state index contributed by atoms with van der Waals surface area (Å²) in [6.07, 6.45) is 11.9. The van der Waals surface area contributed by atoms with Crippen molar-refractivity contribution in [3.63, 3.8) is 0 Å². The van der Waals surface area contributed by atoms with Crippen molar-refractivity contribution in [1.82, 2.24) is 19.6 Å². The van der Waals surface area contributed by atoms with Gasteiger partial charge in [0.05, 0.1) is 24.4 Å². The van der Waals surface area contributed by atoms with E-state index in [0.717, 1.165) is 24.0 Å². The Hall–Kier alpha value is -2.37. The molecule has 0 saturated heterocycles. The summed E-state index contributed by atoms with van der Waals surface area (Å²) in [6.45, 7) is 2.23. The van der Waals surface area contributed by atoms with E-state index in [1.54, 1.807) is 15.6 Å². The van der Waals surface area contributed by atoms with Gasteiger partial charge in [-0.3, -0.25) is 14.2 Å². The number of nitrogens with zero attached hydrogens (tertiary/aromatic N) is 4. The van der Waals surface area contributed by atoms with E-state index in [2.05, 4.69) is 16.3 Å². The molecule has 0 N–H and O–H groups in total. The molecule has 2 heterocycles. The molecule has 6 nitrogen and oxygen atoms in total. The van der Waals surface area contributed by atoms with Crippen molar-refractivity contribution in [2.45, 2.75) is 31.6 Å². The average molecular weight is 314 g/mol. The third kappa shape index (κ3) is 2.81. The minimum atomic E-state index is -0.629. The third-order valence-electron chi connectivity index (χ3n) is 4.52. The molecule has 23 heavy (non-hydrogen) atoms. The molecule has 6 heteroatoms. The maximum atomic E-state index is 12.7. The third-order valence-corrected chi connectivity index (χ3v) is 4.52. The van der Waals surface area contributed by atoms with Crippen LogP contribution in [0.15, 0.2) is 30.9 Å². The van der Waals surface area contributed by atoms with Crippen molar-refractivity contribution in [3.8, 4) is 0 Å². The zero-order valence-electron chi connectivity index (χ0n) is 13.8. The Morgan fingerprint density at radius 3 is 2.52 bits per heavy atom. The number of allylic oxidation sites excluding steroid dienone is 2. The highest BCUT2D eigenvalue weighted by atomic mass is 16.5. The Bertz CT molecular complexity index is 743. The molecular formula is C17H22N4O2. The van der Waals surface area contributed by atoms with E-state index in [1.165, 1.54) is 5.57 Å². The molecule has 0 amide bonds. The zero-order valence-corrected chi connectivity index (χ0v) is 13.8. The van der Waals surface area contributed by atoms with Crippen molar-refractivity contribution in [2.75, 3.05) is 6.61 Å². The fourth-order valence-electron chi connectivity index (χ4n) is 3.20. The smallest absolute Gasteiger partial charge is 0.316 e. The maximum Gasteiger partial charge on any atom is 0.316 e. The maximum absolute atomic E-state index is 12.7. The number of hydrogen-bond acceptors (Lipinski definition) is 4. The van der Waals surface area contributed by atoms with Gasteiger partial charge in [-0.2, -0.15) is 10.2 Å². The van der Waals surface area contributed by atoms with Crippen LogP contribution in [0.2, 0.25) is 0 Å². The molecule has 1 aliphatic carbocycles. The van der Waals surface area contributed by atoms with Crippen LogP contribution in [-0.4, -0.2) is 32.1 Å². The molecule has 1 atom stereocenters. The summed E-state index contributed by atoms with van der Waals surface area (Å²) in [6, 6.07) is 0. The first kappa shape index (κ1) is 15.5. The molecule has 3 rings (SSSR count). The Kier molecular flexibility index (Phi) is 4.07. The number of aromatic nitrogens is 4. The molecule has 0 bridgehead atoms. The number of ether oxygens (including phenoxy) is 1. The van der Waals surface area contributed by atoms with Gasteiger partial charge in [0.1, 0.15) is 0 Å². The van der Waals surface area contributed by atoms with Gasteiger partial charge in [-0.15, -0.1) is 0 Å². The van der Waals surface area contributed by atoms with Gasteiger partial charge < -0.3 is 4.74 Å². The first-order chi connectivity index (χ1) is 11.0. The number of hydrogen-bond donors (Lipinski definition) is 0. The number of rotatable bonds is 4. The molecule has 1 aliphatic rings. The predicted octanol–water partition coefficient (Wildman–Crippen LogP) is 2.22. The Morgan fingerprint density at radius 2 is 2.00 bits per heavy atom. The Morgan fingerprint density at radius 1 is 1.26 bits per heavy atom. The summed E-state index contributed by atoms with van der Waals surface area (Å²) in [5.41, 5.74) is 2.66. The fraction of sp³-hybridized carbons (Fsp3) is 0.471. The number of esters is 1. The molecule has 0 aliphatic heterocycles. The molecule has 122 valence electrons. The van der Waals surface area contributed by atoms with Crippen LogP contribution in [0.3, 0.4) is 0 Å². The van der Waals surface area contributed by atoms with Gasteiger partial charge in [-0.05, 0) is 31.8 Å². The van der Waals surface area contributed by atoms with Crippen LogP contribution in [0, 0.1) is 0 Å². The average Bonchev–Trinajstić information content (AvgIpc) is 3.16. The van der Waals surface area contributed by atoms with Crippen LogP contribution >= 0.6 is 0 Å². The lowest BCUT2D eigenvalue weighted by atomic mass is 9.70. The molecular weight excluding hydrogens is 292 g/mol. The first-order valence-electron chi connectivity index (χ1n) is 7.89. The summed E-state index contributed by atoms with van der Waals surface area (Å²) in [5, 5.41) is 8.46. The second-order valence-electron chi connectivity index (χ2n) is 6.04. The van der Waals surface area contributed by atoms with Crippen molar-refractivity contribution in [1.29, 1.82) is 0 Å². The van der Waals surface area contributed by atoms with Gasteiger partial charge in [-0.1, -0.05) is 6.08 Å². The number of aryl methyl sites for hydroxylation is 2.